The van der Waals surface area contributed by atoms with Gasteiger partial charge < -0.3 is 14.9 Å². The first-order valence-electron chi connectivity index (χ1n) is 19.8. The van der Waals surface area contributed by atoms with Crippen LogP contribution in [0.2, 0.25) is 0 Å². The standard InChI is InChI=1S/C54H38N4/c55-54(38-14-3-1-4-15-38)45-20-9-11-21-48(45)56-35-36-23-28-42(29-24-36)57-49-22-12-10-19-44(49)46-33-39(26-30-50(46)57)40-27-31-51-47(34-40)53-43-18-8-7-13-37(43)25-32-52(53)58(51)41-16-5-2-6-17-41/h1-35,54H,55H2. The molecular weight excluding hydrogens is 705 g/mol. The molecule has 0 saturated carbocycles. The van der Waals surface area contributed by atoms with Gasteiger partial charge in [0.1, 0.15) is 0 Å². The zero-order valence-electron chi connectivity index (χ0n) is 31.7. The van der Waals surface area contributed by atoms with Gasteiger partial charge in [-0.05, 0) is 105 Å². The maximum atomic E-state index is 6.70. The maximum absolute atomic E-state index is 6.70. The second kappa shape index (κ2) is 13.9. The van der Waals surface area contributed by atoms with Crippen LogP contribution in [0.1, 0.15) is 22.7 Å². The third kappa shape index (κ3) is 5.62. The molecule has 0 amide bonds. The summed E-state index contributed by atoms with van der Waals surface area (Å²) in [4.78, 5) is 4.91. The normalized spacial score (nSPS) is 12.4. The molecule has 0 radical (unpaired) electrons. The quantitative estimate of drug-likeness (QED) is 0.162. The van der Waals surface area contributed by atoms with Crippen LogP contribution < -0.4 is 5.73 Å². The van der Waals surface area contributed by atoms with E-state index in [9.17, 15) is 0 Å². The van der Waals surface area contributed by atoms with E-state index in [0.29, 0.717) is 0 Å². The van der Waals surface area contributed by atoms with Crippen molar-refractivity contribution in [2.24, 2.45) is 10.7 Å². The van der Waals surface area contributed by atoms with Crippen molar-refractivity contribution >= 4 is 66.3 Å². The molecule has 2 N–H and O–H groups in total. The summed E-state index contributed by atoms with van der Waals surface area (Å²) in [5.41, 5.74) is 20.1. The van der Waals surface area contributed by atoms with Crippen molar-refractivity contribution in [1.29, 1.82) is 0 Å². The van der Waals surface area contributed by atoms with Crippen LogP contribution >= 0.6 is 0 Å². The Balaban J connectivity index is 0.982. The molecule has 0 spiro atoms. The lowest BCUT2D eigenvalue weighted by Crippen LogP contribution is -2.11. The van der Waals surface area contributed by atoms with Gasteiger partial charge in [-0.3, -0.25) is 4.99 Å². The van der Waals surface area contributed by atoms with Crippen LogP contribution in [0.4, 0.5) is 5.69 Å². The minimum Gasteiger partial charge on any atom is -0.320 e. The molecule has 0 aliphatic heterocycles. The Morgan fingerprint density at radius 2 is 1.00 bits per heavy atom. The topological polar surface area (TPSA) is 48.2 Å². The maximum Gasteiger partial charge on any atom is 0.0681 e. The zero-order chi connectivity index (χ0) is 38.6. The molecule has 2 aromatic heterocycles. The Morgan fingerprint density at radius 3 is 1.79 bits per heavy atom. The summed E-state index contributed by atoms with van der Waals surface area (Å²) in [6.45, 7) is 0. The fourth-order valence-electron chi connectivity index (χ4n) is 8.82. The number of nitrogens with zero attached hydrogens (tertiary/aromatic N) is 3. The van der Waals surface area contributed by atoms with Gasteiger partial charge in [0.15, 0.2) is 0 Å². The molecule has 2 heterocycles. The van der Waals surface area contributed by atoms with E-state index in [2.05, 4.69) is 179 Å². The lowest BCUT2D eigenvalue weighted by atomic mass is 9.98. The molecule has 4 nitrogen and oxygen atoms in total. The smallest absolute Gasteiger partial charge is 0.0681 e. The summed E-state index contributed by atoms with van der Waals surface area (Å²) < 4.78 is 4.77. The first-order valence-corrected chi connectivity index (χ1v) is 19.8. The molecule has 1 atom stereocenters. The summed E-state index contributed by atoms with van der Waals surface area (Å²) in [6.07, 6.45) is 1.93. The molecule has 9 aromatic carbocycles. The van der Waals surface area contributed by atoms with E-state index in [-0.39, 0.29) is 6.04 Å². The number of aromatic nitrogens is 2. The average molecular weight is 743 g/mol. The highest BCUT2D eigenvalue weighted by Crippen LogP contribution is 2.40. The fraction of sp³-hybridized carbons (Fsp3) is 0.0185. The molecule has 274 valence electrons. The Kier molecular flexibility index (Phi) is 8.09. The molecular formula is C54H38N4. The molecule has 0 saturated heterocycles. The minimum atomic E-state index is -0.252. The number of rotatable bonds is 7. The van der Waals surface area contributed by atoms with Crippen molar-refractivity contribution in [3.8, 4) is 22.5 Å². The number of hydrogen-bond donors (Lipinski definition) is 1. The van der Waals surface area contributed by atoms with Crippen LogP contribution in [0.15, 0.2) is 211 Å². The molecule has 11 aromatic rings. The summed E-state index contributed by atoms with van der Waals surface area (Å²) in [7, 11) is 0. The van der Waals surface area contributed by atoms with Crippen molar-refractivity contribution in [3.05, 3.63) is 223 Å². The van der Waals surface area contributed by atoms with Gasteiger partial charge in [-0.25, -0.2) is 0 Å². The fourth-order valence-corrected chi connectivity index (χ4v) is 8.82. The predicted molar refractivity (Wildman–Crippen MR) is 244 cm³/mol. The van der Waals surface area contributed by atoms with Gasteiger partial charge in [0.2, 0.25) is 0 Å². The number of benzene rings is 9. The highest BCUT2D eigenvalue weighted by molar-refractivity contribution is 6.22. The van der Waals surface area contributed by atoms with E-state index in [1.165, 1.54) is 65.5 Å². The second-order valence-electron chi connectivity index (χ2n) is 15.0. The third-order valence-electron chi connectivity index (χ3n) is 11.6. The lowest BCUT2D eigenvalue weighted by Gasteiger charge is -2.14. The van der Waals surface area contributed by atoms with Gasteiger partial charge in [-0.15, -0.1) is 0 Å². The second-order valence-corrected chi connectivity index (χ2v) is 15.0. The average Bonchev–Trinajstić information content (AvgIpc) is 3.81. The van der Waals surface area contributed by atoms with Gasteiger partial charge in [-0.1, -0.05) is 140 Å². The Bertz CT molecular complexity index is 3340. The summed E-state index contributed by atoms with van der Waals surface area (Å²) in [5, 5.41) is 7.50. The highest BCUT2D eigenvalue weighted by atomic mass is 15.0. The molecule has 0 aliphatic rings. The van der Waals surface area contributed by atoms with Gasteiger partial charge >= 0.3 is 0 Å². The first-order chi connectivity index (χ1) is 28.7. The van der Waals surface area contributed by atoms with Crippen molar-refractivity contribution in [2.75, 3.05) is 0 Å². The molecule has 0 aliphatic carbocycles. The van der Waals surface area contributed by atoms with Gasteiger partial charge in [0.25, 0.3) is 0 Å². The molecule has 0 bridgehead atoms. The number of aliphatic imine (C=N–C) groups is 1. The van der Waals surface area contributed by atoms with Gasteiger partial charge in [0.05, 0.1) is 33.8 Å². The Labute approximate surface area is 336 Å². The van der Waals surface area contributed by atoms with Crippen molar-refractivity contribution in [1.82, 2.24) is 9.13 Å². The third-order valence-corrected chi connectivity index (χ3v) is 11.6. The highest BCUT2D eigenvalue weighted by Gasteiger charge is 2.18. The molecule has 58 heavy (non-hydrogen) atoms. The largest absolute Gasteiger partial charge is 0.320 e. The summed E-state index contributed by atoms with van der Waals surface area (Å²) >= 11 is 0. The SMILES string of the molecule is NC(c1ccccc1)c1ccccc1N=Cc1ccc(-n2c3ccccc3c3cc(-c4ccc5c(c4)c4c6ccccc6ccc4n5-c4ccccc4)ccc32)cc1. The van der Waals surface area contributed by atoms with Gasteiger partial charge in [0, 0.05) is 39.1 Å². The number of fused-ring (bicyclic) bond motifs is 8. The van der Waals surface area contributed by atoms with E-state index < -0.39 is 0 Å². The predicted octanol–water partition coefficient (Wildman–Crippen LogP) is 13.5. The number of hydrogen-bond acceptors (Lipinski definition) is 2. The number of para-hydroxylation sites is 3. The van der Waals surface area contributed by atoms with E-state index in [1.807, 2.05) is 42.6 Å². The molecule has 0 fully saturated rings. The zero-order valence-corrected chi connectivity index (χ0v) is 31.7. The van der Waals surface area contributed by atoms with Crippen LogP contribution in [0.3, 0.4) is 0 Å². The molecule has 4 heteroatoms. The molecule has 1 unspecified atom stereocenters. The summed E-state index contributed by atoms with van der Waals surface area (Å²) in [5.74, 6) is 0. The van der Waals surface area contributed by atoms with E-state index in [4.69, 9.17) is 10.7 Å². The van der Waals surface area contributed by atoms with Crippen molar-refractivity contribution in [2.45, 2.75) is 6.04 Å². The molecule has 11 rings (SSSR count). The van der Waals surface area contributed by atoms with Gasteiger partial charge in [-0.2, -0.15) is 0 Å². The Hall–Kier alpha value is -7.53. The van der Waals surface area contributed by atoms with Crippen LogP contribution in [-0.4, -0.2) is 15.3 Å². The van der Waals surface area contributed by atoms with Crippen molar-refractivity contribution in [3.63, 3.8) is 0 Å². The van der Waals surface area contributed by atoms with Crippen LogP contribution in [-0.2, 0) is 0 Å². The summed E-state index contributed by atoms with van der Waals surface area (Å²) in [6, 6.07) is 73.2. The monoisotopic (exact) mass is 742 g/mol. The van der Waals surface area contributed by atoms with E-state index in [0.717, 1.165) is 33.8 Å². The minimum absolute atomic E-state index is 0.252. The first kappa shape index (κ1) is 33.8. The van der Waals surface area contributed by atoms with Crippen molar-refractivity contribution < 1.29 is 0 Å². The van der Waals surface area contributed by atoms with Crippen LogP contribution in [0.5, 0.6) is 0 Å². The van der Waals surface area contributed by atoms with E-state index in [1.54, 1.807) is 0 Å². The number of nitrogens with two attached hydrogens (primary N) is 1. The Morgan fingerprint density at radius 1 is 0.431 bits per heavy atom. The van der Waals surface area contributed by atoms with Crippen LogP contribution in [0.25, 0.3) is 76.9 Å². The van der Waals surface area contributed by atoms with Crippen LogP contribution in [0, 0.1) is 0 Å². The lowest BCUT2D eigenvalue weighted by molar-refractivity contribution is 0.872. The van der Waals surface area contributed by atoms with E-state index >= 15 is 0 Å².